The Morgan fingerprint density at radius 3 is 2.52 bits per heavy atom. The summed E-state index contributed by atoms with van der Waals surface area (Å²) in [7, 11) is 1.37. The summed E-state index contributed by atoms with van der Waals surface area (Å²) in [6, 6.07) is 10.2. The molecule has 1 fully saturated rings. The first-order valence-corrected chi connectivity index (χ1v) is 9.94. The average molecular weight is 422 g/mol. The molecule has 0 bridgehead atoms. The zero-order valence-electron chi connectivity index (χ0n) is 16.9. The molecule has 0 saturated carbocycles. The van der Waals surface area contributed by atoms with Crippen LogP contribution in [0.3, 0.4) is 0 Å². The van der Waals surface area contributed by atoms with E-state index in [1.165, 1.54) is 37.6 Å². The predicted octanol–water partition coefficient (Wildman–Crippen LogP) is 4.32. The Bertz CT molecular complexity index is 1180. The number of halogens is 2. The SMILES string of the molecule is COc1ccc(-n2cc(C(=O)N3CCCCC3)nc2-c2ccc(C#N)c(F)c2)cc1F. The largest absolute Gasteiger partial charge is 0.494 e. The maximum absolute atomic E-state index is 14.4. The van der Waals surface area contributed by atoms with Crippen LogP contribution < -0.4 is 4.74 Å². The van der Waals surface area contributed by atoms with E-state index >= 15 is 0 Å². The number of likely N-dealkylation sites (tertiary alicyclic amines) is 1. The summed E-state index contributed by atoms with van der Waals surface area (Å²) >= 11 is 0. The van der Waals surface area contributed by atoms with Crippen LogP contribution in [0.5, 0.6) is 5.75 Å². The van der Waals surface area contributed by atoms with E-state index in [4.69, 9.17) is 10.00 Å². The Hall–Kier alpha value is -3.73. The van der Waals surface area contributed by atoms with E-state index in [9.17, 15) is 13.6 Å². The molecular weight excluding hydrogens is 402 g/mol. The Morgan fingerprint density at radius 2 is 1.87 bits per heavy atom. The molecule has 1 amide bonds. The fourth-order valence-electron chi connectivity index (χ4n) is 3.69. The van der Waals surface area contributed by atoms with Crippen molar-refractivity contribution in [3.05, 3.63) is 65.5 Å². The Morgan fingerprint density at radius 1 is 1.10 bits per heavy atom. The van der Waals surface area contributed by atoms with E-state index in [0.29, 0.717) is 24.3 Å². The molecule has 6 nitrogen and oxygen atoms in total. The van der Waals surface area contributed by atoms with Crippen molar-refractivity contribution in [1.82, 2.24) is 14.5 Å². The molecule has 0 aliphatic carbocycles. The van der Waals surface area contributed by atoms with Crippen molar-refractivity contribution < 1.29 is 18.3 Å². The summed E-state index contributed by atoms with van der Waals surface area (Å²) in [5.74, 6) is -1.13. The molecule has 2 aromatic carbocycles. The summed E-state index contributed by atoms with van der Waals surface area (Å²) in [5, 5.41) is 9.00. The summed E-state index contributed by atoms with van der Waals surface area (Å²) in [6.45, 7) is 1.31. The zero-order chi connectivity index (χ0) is 22.0. The lowest BCUT2D eigenvalue weighted by Crippen LogP contribution is -2.35. The molecule has 1 aliphatic heterocycles. The van der Waals surface area contributed by atoms with Gasteiger partial charge in [0.1, 0.15) is 23.4 Å². The third-order valence-corrected chi connectivity index (χ3v) is 5.33. The lowest BCUT2D eigenvalue weighted by Gasteiger charge is -2.25. The second-order valence-corrected chi connectivity index (χ2v) is 7.30. The number of imidazole rings is 1. The van der Waals surface area contributed by atoms with Crippen molar-refractivity contribution in [2.45, 2.75) is 19.3 Å². The van der Waals surface area contributed by atoms with E-state index in [1.807, 2.05) is 0 Å². The third-order valence-electron chi connectivity index (χ3n) is 5.33. The maximum atomic E-state index is 14.4. The minimum Gasteiger partial charge on any atom is -0.494 e. The maximum Gasteiger partial charge on any atom is 0.274 e. The second kappa shape index (κ2) is 8.56. The van der Waals surface area contributed by atoms with Gasteiger partial charge >= 0.3 is 0 Å². The molecule has 4 rings (SSSR count). The fourth-order valence-corrected chi connectivity index (χ4v) is 3.69. The van der Waals surface area contributed by atoms with Crippen LogP contribution in [0, 0.1) is 23.0 Å². The molecule has 158 valence electrons. The summed E-state index contributed by atoms with van der Waals surface area (Å²) in [4.78, 5) is 19.2. The van der Waals surface area contributed by atoms with E-state index in [-0.39, 0.29) is 28.7 Å². The lowest BCUT2D eigenvalue weighted by molar-refractivity contribution is 0.0719. The summed E-state index contributed by atoms with van der Waals surface area (Å²) < 4.78 is 35.2. The number of hydrogen-bond acceptors (Lipinski definition) is 4. The Kier molecular flexibility index (Phi) is 5.67. The highest BCUT2D eigenvalue weighted by atomic mass is 19.1. The Labute approximate surface area is 178 Å². The standard InChI is InChI=1S/C23H20F2N4O2/c1-31-21-8-7-17(12-19(21)25)29-14-20(23(30)28-9-3-2-4-10-28)27-22(29)15-5-6-16(13-26)18(24)11-15/h5-8,11-12,14H,2-4,9-10H2,1H3. The first kappa shape index (κ1) is 20.5. The zero-order valence-corrected chi connectivity index (χ0v) is 16.9. The lowest BCUT2D eigenvalue weighted by atomic mass is 10.1. The molecular formula is C23H20F2N4O2. The van der Waals surface area contributed by atoms with Crippen molar-refractivity contribution >= 4 is 5.91 Å². The summed E-state index contributed by atoms with van der Waals surface area (Å²) in [6.07, 6.45) is 4.48. The van der Waals surface area contributed by atoms with Gasteiger partial charge in [-0.05, 0) is 49.6 Å². The van der Waals surface area contributed by atoms with Gasteiger partial charge in [-0.1, -0.05) is 0 Å². The molecule has 0 spiro atoms. The molecule has 8 heteroatoms. The number of carbonyl (C=O) groups is 1. The number of rotatable bonds is 4. The molecule has 0 N–H and O–H groups in total. The predicted molar refractivity (Wildman–Crippen MR) is 110 cm³/mol. The highest BCUT2D eigenvalue weighted by molar-refractivity contribution is 5.93. The van der Waals surface area contributed by atoms with Crippen molar-refractivity contribution in [2.75, 3.05) is 20.2 Å². The van der Waals surface area contributed by atoms with Crippen LogP contribution in [-0.2, 0) is 0 Å². The van der Waals surface area contributed by atoms with Gasteiger partial charge in [-0.15, -0.1) is 0 Å². The molecule has 31 heavy (non-hydrogen) atoms. The van der Waals surface area contributed by atoms with E-state index in [0.717, 1.165) is 19.3 Å². The van der Waals surface area contributed by atoms with Gasteiger partial charge < -0.3 is 9.64 Å². The number of aromatic nitrogens is 2. The van der Waals surface area contributed by atoms with Gasteiger partial charge in [0, 0.05) is 30.9 Å². The van der Waals surface area contributed by atoms with Crippen LogP contribution in [0.25, 0.3) is 17.1 Å². The van der Waals surface area contributed by atoms with Crippen LogP contribution in [0.15, 0.2) is 42.6 Å². The smallest absolute Gasteiger partial charge is 0.274 e. The number of piperidine rings is 1. The van der Waals surface area contributed by atoms with Gasteiger partial charge in [-0.2, -0.15) is 5.26 Å². The molecule has 0 radical (unpaired) electrons. The molecule has 2 heterocycles. The van der Waals surface area contributed by atoms with Gasteiger partial charge in [0.25, 0.3) is 5.91 Å². The van der Waals surface area contributed by atoms with Gasteiger partial charge in [0.15, 0.2) is 11.6 Å². The number of hydrogen-bond donors (Lipinski definition) is 0. The topological polar surface area (TPSA) is 71.2 Å². The summed E-state index contributed by atoms with van der Waals surface area (Å²) in [5.41, 5.74) is 0.869. The van der Waals surface area contributed by atoms with Gasteiger partial charge in [-0.3, -0.25) is 9.36 Å². The average Bonchev–Trinajstić information content (AvgIpc) is 3.24. The van der Waals surface area contributed by atoms with E-state index in [1.54, 1.807) is 27.7 Å². The monoisotopic (exact) mass is 422 g/mol. The quantitative estimate of drug-likeness (QED) is 0.628. The minimum absolute atomic E-state index is 0.0828. The van der Waals surface area contributed by atoms with Crippen molar-refractivity contribution in [3.63, 3.8) is 0 Å². The van der Waals surface area contributed by atoms with Crippen molar-refractivity contribution in [3.8, 4) is 28.9 Å². The van der Waals surface area contributed by atoms with Crippen LogP contribution in [0.4, 0.5) is 8.78 Å². The van der Waals surface area contributed by atoms with E-state index < -0.39 is 11.6 Å². The third kappa shape index (κ3) is 3.99. The number of nitriles is 1. The number of nitrogens with zero attached hydrogens (tertiary/aromatic N) is 4. The number of carbonyl (C=O) groups excluding carboxylic acids is 1. The van der Waals surface area contributed by atoms with Crippen LogP contribution in [0.2, 0.25) is 0 Å². The second-order valence-electron chi connectivity index (χ2n) is 7.30. The highest BCUT2D eigenvalue weighted by Gasteiger charge is 2.23. The number of ether oxygens (including phenoxy) is 1. The minimum atomic E-state index is -0.695. The van der Waals surface area contributed by atoms with Crippen LogP contribution >= 0.6 is 0 Å². The first-order valence-electron chi connectivity index (χ1n) is 9.94. The van der Waals surface area contributed by atoms with Gasteiger partial charge in [0.05, 0.1) is 18.4 Å². The Balaban J connectivity index is 1.82. The van der Waals surface area contributed by atoms with Gasteiger partial charge in [0.2, 0.25) is 0 Å². The highest BCUT2D eigenvalue weighted by Crippen LogP contribution is 2.28. The fraction of sp³-hybridized carbons (Fsp3) is 0.261. The van der Waals surface area contributed by atoms with Gasteiger partial charge in [-0.25, -0.2) is 13.8 Å². The first-order chi connectivity index (χ1) is 15.0. The normalized spacial score (nSPS) is 13.7. The number of methoxy groups -OCH3 is 1. The van der Waals surface area contributed by atoms with Crippen molar-refractivity contribution in [2.24, 2.45) is 0 Å². The molecule has 0 atom stereocenters. The number of amides is 1. The van der Waals surface area contributed by atoms with Crippen molar-refractivity contribution in [1.29, 1.82) is 5.26 Å². The molecule has 1 aliphatic rings. The van der Waals surface area contributed by atoms with Crippen LogP contribution in [-0.4, -0.2) is 40.6 Å². The molecule has 0 unspecified atom stereocenters. The number of benzene rings is 2. The van der Waals surface area contributed by atoms with E-state index in [2.05, 4.69) is 4.98 Å². The van der Waals surface area contributed by atoms with Crippen LogP contribution in [0.1, 0.15) is 35.3 Å². The molecule has 1 saturated heterocycles. The molecule has 3 aromatic rings. The molecule has 1 aromatic heterocycles.